The van der Waals surface area contributed by atoms with Gasteiger partial charge in [-0.3, -0.25) is 10.1 Å². The molecule has 24 heavy (non-hydrogen) atoms. The smallest absolute Gasteiger partial charge is 0.257 e. The molecule has 0 saturated carbocycles. The van der Waals surface area contributed by atoms with Crippen molar-refractivity contribution < 1.29 is 14.3 Å². The van der Waals surface area contributed by atoms with Gasteiger partial charge in [0.1, 0.15) is 12.4 Å². The number of para-hydroxylation sites is 1. The molecule has 2 rings (SSSR count). The van der Waals surface area contributed by atoms with Gasteiger partial charge in [-0.1, -0.05) is 24.3 Å². The summed E-state index contributed by atoms with van der Waals surface area (Å²) >= 11 is 5.15. The SMILES string of the molecule is CCOCCOc1cccc(C(=O)NC(=S)Nc2ccccc2)c1. The fourth-order valence-electron chi connectivity index (χ4n) is 1.95. The van der Waals surface area contributed by atoms with Crippen molar-refractivity contribution >= 4 is 28.9 Å². The third kappa shape index (κ3) is 5.98. The van der Waals surface area contributed by atoms with E-state index in [9.17, 15) is 4.79 Å². The number of nitrogens with one attached hydrogen (secondary N) is 2. The summed E-state index contributed by atoms with van der Waals surface area (Å²) in [4.78, 5) is 12.3. The second-order valence-corrected chi connectivity index (χ2v) is 5.26. The van der Waals surface area contributed by atoms with Crippen molar-refractivity contribution in [3.8, 4) is 5.75 Å². The molecule has 5 nitrogen and oxygen atoms in total. The van der Waals surface area contributed by atoms with E-state index in [0.29, 0.717) is 31.1 Å². The maximum Gasteiger partial charge on any atom is 0.257 e. The quantitative estimate of drug-likeness (QED) is 0.596. The van der Waals surface area contributed by atoms with Gasteiger partial charge in [-0.15, -0.1) is 0 Å². The van der Waals surface area contributed by atoms with Crippen LogP contribution >= 0.6 is 12.2 Å². The van der Waals surface area contributed by atoms with Gasteiger partial charge in [0, 0.05) is 17.9 Å². The van der Waals surface area contributed by atoms with E-state index in [1.165, 1.54) is 0 Å². The largest absolute Gasteiger partial charge is 0.491 e. The van der Waals surface area contributed by atoms with Gasteiger partial charge >= 0.3 is 0 Å². The molecular formula is C18H20N2O3S. The Labute approximate surface area is 147 Å². The van der Waals surface area contributed by atoms with Crippen LogP contribution in [0, 0.1) is 0 Å². The second-order valence-electron chi connectivity index (χ2n) is 4.85. The number of amides is 1. The van der Waals surface area contributed by atoms with Gasteiger partial charge in [-0.25, -0.2) is 0 Å². The van der Waals surface area contributed by atoms with E-state index in [-0.39, 0.29) is 11.0 Å². The maximum absolute atomic E-state index is 12.3. The second kappa shape index (κ2) is 9.64. The van der Waals surface area contributed by atoms with Gasteiger partial charge in [0.15, 0.2) is 5.11 Å². The number of carbonyl (C=O) groups is 1. The van der Waals surface area contributed by atoms with E-state index in [2.05, 4.69) is 10.6 Å². The molecule has 126 valence electrons. The molecule has 0 unspecified atom stereocenters. The average Bonchev–Trinajstić information content (AvgIpc) is 2.60. The standard InChI is InChI=1S/C18H20N2O3S/c1-2-22-11-12-23-16-10-6-7-14(13-16)17(21)20-18(24)19-15-8-4-3-5-9-15/h3-10,13H,2,11-12H2,1H3,(H2,19,20,21,24). The normalized spacial score (nSPS) is 10.0. The minimum atomic E-state index is -0.293. The Hall–Kier alpha value is -2.44. The molecule has 0 heterocycles. The van der Waals surface area contributed by atoms with E-state index < -0.39 is 0 Å². The number of rotatable bonds is 7. The molecule has 0 saturated heterocycles. The first-order valence-corrected chi connectivity index (χ1v) is 8.08. The highest BCUT2D eigenvalue weighted by Gasteiger charge is 2.09. The summed E-state index contributed by atoms with van der Waals surface area (Å²) in [5, 5.41) is 5.85. The van der Waals surface area contributed by atoms with Crippen LogP contribution in [0.5, 0.6) is 5.75 Å². The summed E-state index contributed by atoms with van der Waals surface area (Å²) in [7, 11) is 0. The first kappa shape index (κ1) is 17.9. The van der Waals surface area contributed by atoms with Crippen LogP contribution in [0.1, 0.15) is 17.3 Å². The van der Waals surface area contributed by atoms with Crippen molar-refractivity contribution in [2.75, 3.05) is 25.1 Å². The van der Waals surface area contributed by atoms with Crippen molar-refractivity contribution in [2.45, 2.75) is 6.92 Å². The molecule has 0 radical (unpaired) electrons. The van der Waals surface area contributed by atoms with Crippen molar-refractivity contribution in [1.82, 2.24) is 5.32 Å². The summed E-state index contributed by atoms with van der Waals surface area (Å²) < 4.78 is 10.8. The molecule has 0 aliphatic carbocycles. The zero-order valence-corrected chi connectivity index (χ0v) is 14.3. The molecule has 0 spiro atoms. The molecular weight excluding hydrogens is 324 g/mol. The van der Waals surface area contributed by atoms with E-state index in [4.69, 9.17) is 21.7 Å². The first-order chi connectivity index (χ1) is 11.7. The molecule has 6 heteroatoms. The molecule has 0 aliphatic heterocycles. The average molecular weight is 344 g/mol. The molecule has 2 N–H and O–H groups in total. The van der Waals surface area contributed by atoms with Gasteiger partial charge in [-0.2, -0.15) is 0 Å². The maximum atomic E-state index is 12.3. The third-order valence-corrected chi connectivity index (χ3v) is 3.26. The minimum Gasteiger partial charge on any atom is -0.491 e. The zero-order chi connectivity index (χ0) is 17.2. The number of thiocarbonyl (C=S) groups is 1. The molecule has 2 aromatic rings. The number of anilines is 1. The van der Waals surface area contributed by atoms with Gasteiger partial charge in [-0.05, 0) is 49.5 Å². The van der Waals surface area contributed by atoms with E-state index >= 15 is 0 Å². The molecule has 0 fully saturated rings. The number of carbonyl (C=O) groups excluding carboxylic acids is 1. The van der Waals surface area contributed by atoms with Crippen LogP contribution in [0.15, 0.2) is 54.6 Å². The summed E-state index contributed by atoms with van der Waals surface area (Å²) in [6, 6.07) is 16.3. The predicted octanol–water partition coefficient (Wildman–Crippen LogP) is 3.23. The van der Waals surface area contributed by atoms with Gasteiger partial charge in [0.05, 0.1) is 6.61 Å². The number of hydrogen-bond acceptors (Lipinski definition) is 4. The summed E-state index contributed by atoms with van der Waals surface area (Å²) in [6.07, 6.45) is 0. The van der Waals surface area contributed by atoms with Gasteiger partial charge < -0.3 is 14.8 Å². The fourth-order valence-corrected chi connectivity index (χ4v) is 2.16. The lowest BCUT2D eigenvalue weighted by Gasteiger charge is -2.11. The number of ether oxygens (including phenoxy) is 2. The van der Waals surface area contributed by atoms with E-state index in [1.54, 1.807) is 24.3 Å². The highest BCUT2D eigenvalue weighted by molar-refractivity contribution is 7.80. The molecule has 0 atom stereocenters. The topological polar surface area (TPSA) is 59.6 Å². The molecule has 1 amide bonds. The minimum absolute atomic E-state index is 0.244. The summed E-state index contributed by atoms with van der Waals surface area (Å²) in [6.45, 7) is 3.53. The third-order valence-electron chi connectivity index (χ3n) is 3.06. The summed E-state index contributed by atoms with van der Waals surface area (Å²) in [5.74, 6) is 0.322. The van der Waals surface area contributed by atoms with Crippen molar-refractivity contribution in [3.05, 3.63) is 60.2 Å². The molecule has 0 aromatic heterocycles. The van der Waals surface area contributed by atoms with Crippen LogP contribution in [0.2, 0.25) is 0 Å². The summed E-state index contributed by atoms with van der Waals surface area (Å²) in [5.41, 5.74) is 1.29. The Morgan fingerprint density at radius 1 is 1.08 bits per heavy atom. The molecule has 2 aromatic carbocycles. The molecule has 0 bridgehead atoms. The van der Waals surface area contributed by atoms with Crippen molar-refractivity contribution in [1.29, 1.82) is 0 Å². The van der Waals surface area contributed by atoms with Crippen LogP contribution in [-0.2, 0) is 4.74 Å². The Morgan fingerprint density at radius 2 is 1.88 bits per heavy atom. The lowest BCUT2D eigenvalue weighted by Crippen LogP contribution is -2.34. The monoisotopic (exact) mass is 344 g/mol. The van der Waals surface area contributed by atoms with Crippen molar-refractivity contribution in [3.63, 3.8) is 0 Å². The van der Waals surface area contributed by atoms with E-state index in [1.807, 2.05) is 37.3 Å². The number of benzene rings is 2. The Morgan fingerprint density at radius 3 is 2.62 bits per heavy atom. The fraction of sp³-hybridized carbons (Fsp3) is 0.222. The Balaban J connectivity index is 1.88. The van der Waals surface area contributed by atoms with Gasteiger partial charge in [0.25, 0.3) is 5.91 Å². The van der Waals surface area contributed by atoms with Crippen LogP contribution < -0.4 is 15.4 Å². The first-order valence-electron chi connectivity index (χ1n) is 7.67. The lowest BCUT2D eigenvalue weighted by molar-refractivity contribution is 0.0976. The number of hydrogen-bond donors (Lipinski definition) is 2. The Bertz CT molecular complexity index is 677. The van der Waals surface area contributed by atoms with Gasteiger partial charge in [0.2, 0.25) is 0 Å². The van der Waals surface area contributed by atoms with Crippen LogP contribution in [0.3, 0.4) is 0 Å². The Kier molecular flexibility index (Phi) is 7.20. The predicted molar refractivity (Wildman–Crippen MR) is 98.6 cm³/mol. The van der Waals surface area contributed by atoms with Crippen molar-refractivity contribution in [2.24, 2.45) is 0 Å². The highest BCUT2D eigenvalue weighted by atomic mass is 32.1. The lowest BCUT2D eigenvalue weighted by atomic mass is 10.2. The van der Waals surface area contributed by atoms with Crippen LogP contribution in [0.25, 0.3) is 0 Å². The van der Waals surface area contributed by atoms with Crippen LogP contribution in [0.4, 0.5) is 5.69 Å². The zero-order valence-electron chi connectivity index (χ0n) is 13.5. The van der Waals surface area contributed by atoms with Crippen LogP contribution in [-0.4, -0.2) is 30.8 Å². The molecule has 0 aliphatic rings. The van der Waals surface area contributed by atoms with E-state index in [0.717, 1.165) is 5.69 Å². The highest BCUT2D eigenvalue weighted by Crippen LogP contribution is 2.13.